The predicted molar refractivity (Wildman–Crippen MR) is 53.9 cm³/mol. The van der Waals surface area contributed by atoms with Gasteiger partial charge in [0.1, 0.15) is 0 Å². The maximum absolute atomic E-state index is 13.3. The van der Waals surface area contributed by atoms with Gasteiger partial charge < -0.3 is 4.57 Å². The van der Waals surface area contributed by atoms with Gasteiger partial charge in [0.15, 0.2) is 0 Å². The van der Waals surface area contributed by atoms with Crippen molar-refractivity contribution >= 4 is 6.21 Å². The summed E-state index contributed by atoms with van der Waals surface area (Å²) in [5, 5.41) is 0. The second kappa shape index (κ2) is 2.90. The van der Waals surface area contributed by atoms with Crippen molar-refractivity contribution in [3.8, 4) is 0 Å². The molecule has 0 saturated carbocycles. The van der Waals surface area contributed by atoms with E-state index in [-0.39, 0.29) is 12.8 Å². The van der Waals surface area contributed by atoms with Gasteiger partial charge in [-0.3, -0.25) is 4.99 Å². The molecule has 0 N–H and O–H groups in total. The third-order valence-electron chi connectivity index (χ3n) is 3.19. The van der Waals surface area contributed by atoms with Crippen molar-refractivity contribution < 1.29 is 8.78 Å². The van der Waals surface area contributed by atoms with Crippen LogP contribution in [0.5, 0.6) is 0 Å². The summed E-state index contributed by atoms with van der Waals surface area (Å²) < 4.78 is 28.6. The minimum absolute atomic E-state index is 0.0133. The van der Waals surface area contributed by atoms with E-state index in [9.17, 15) is 8.78 Å². The fourth-order valence-corrected chi connectivity index (χ4v) is 2.43. The molecule has 1 aromatic rings. The number of aryl methyl sites for hydroxylation is 1. The van der Waals surface area contributed by atoms with Gasteiger partial charge in [-0.05, 0) is 18.1 Å². The van der Waals surface area contributed by atoms with Crippen molar-refractivity contribution in [2.24, 2.45) is 4.99 Å². The molecule has 0 amide bonds. The van der Waals surface area contributed by atoms with Crippen molar-refractivity contribution in [3.05, 3.63) is 23.0 Å². The van der Waals surface area contributed by atoms with Crippen LogP contribution < -0.4 is 0 Å². The van der Waals surface area contributed by atoms with E-state index in [4.69, 9.17) is 0 Å². The predicted octanol–water partition coefficient (Wildman–Crippen LogP) is 2.04. The number of aliphatic imine (C=N–C) groups is 1. The maximum Gasteiger partial charge on any atom is 0.253 e. The molecule has 0 atom stereocenters. The molecule has 2 heterocycles. The van der Waals surface area contributed by atoms with Gasteiger partial charge in [-0.15, -0.1) is 0 Å². The molecule has 0 unspecified atom stereocenters. The standard InChI is InChI=1S/C11H12F2N2/c12-11(13)2-1-8-5-9-7-14-3-4-15(9)10(8)6-11/h5,7H,1-4,6H2. The van der Waals surface area contributed by atoms with Crippen LogP contribution in [0.25, 0.3) is 0 Å². The van der Waals surface area contributed by atoms with E-state index in [2.05, 4.69) is 4.99 Å². The number of alkyl halides is 2. The zero-order valence-corrected chi connectivity index (χ0v) is 8.34. The minimum Gasteiger partial charge on any atom is -0.342 e. The molecule has 15 heavy (non-hydrogen) atoms. The lowest BCUT2D eigenvalue weighted by molar-refractivity contribution is -0.0140. The van der Waals surface area contributed by atoms with Crippen LogP contribution in [0, 0.1) is 0 Å². The fourth-order valence-electron chi connectivity index (χ4n) is 2.43. The van der Waals surface area contributed by atoms with Gasteiger partial charge in [-0.2, -0.15) is 0 Å². The Kier molecular flexibility index (Phi) is 1.75. The number of fused-ring (bicyclic) bond motifs is 3. The van der Waals surface area contributed by atoms with Gasteiger partial charge in [0.25, 0.3) is 5.92 Å². The van der Waals surface area contributed by atoms with Crippen LogP contribution in [0.4, 0.5) is 8.78 Å². The lowest BCUT2D eigenvalue weighted by atomic mass is 9.94. The van der Waals surface area contributed by atoms with Crippen LogP contribution in [-0.2, 0) is 19.4 Å². The minimum atomic E-state index is -2.52. The topological polar surface area (TPSA) is 17.3 Å². The third kappa shape index (κ3) is 1.39. The van der Waals surface area contributed by atoms with E-state index in [0.29, 0.717) is 13.0 Å². The Morgan fingerprint density at radius 3 is 3.13 bits per heavy atom. The van der Waals surface area contributed by atoms with Gasteiger partial charge in [0, 0.05) is 24.9 Å². The van der Waals surface area contributed by atoms with Crippen LogP contribution in [0.3, 0.4) is 0 Å². The van der Waals surface area contributed by atoms with E-state index < -0.39 is 5.92 Å². The molecule has 1 aliphatic heterocycles. The summed E-state index contributed by atoms with van der Waals surface area (Å²) in [5.41, 5.74) is 2.90. The molecule has 1 aliphatic carbocycles. The van der Waals surface area contributed by atoms with Crippen LogP contribution in [0.2, 0.25) is 0 Å². The van der Waals surface area contributed by atoms with Crippen LogP contribution in [0.1, 0.15) is 23.4 Å². The highest BCUT2D eigenvalue weighted by Crippen LogP contribution is 2.34. The zero-order chi connectivity index (χ0) is 10.5. The Balaban J connectivity index is 2.09. The summed E-state index contributed by atoms with van der Waals surface area (Å²) in [4.78, 5) is 4.16. The second-order valence-electron chi connectivity index (χ2n) is 4.26. The molecule has 0 bridgehead atoms. The lowest BCUT2D eigenvalue weighted by Gasteiger charge is -2.24. The first-order valence-corrected chi connectivity index (χ1v) is 5.25. The van der Waals surface area contributed by atoms with Crippen molar-refractivity contribution in [2.45, 2.75) is 31.7 Å². The summed E-state index contributed by atoms with van der Waals surface area (Å²) >= 11 is 0. The molecule has 4 heteroatoms. The molecule has 0 fully saturated rings. The Bertz CT molecular complexity index is 432. The van der Waals surface area contributed by atoms with Crippen molar-refractivity contribution in [1.82, 2.24) is 4.57 Å². The largest absolute Gasteiger partial charge is 0.342 e. The molecule has 3 rings (SSSR count). The Hall–Kier alpha value is -1.19. The van der Waals surface area contributed by atoms with Gasteiger partial charge in [-0.1, -0.05) is 0 Å². The van der Waals surface area contributed by atoms with Crippen molar-refractivity contribution in [3.63, 3.8) is 0 Å². The van der Waals surface area contributed by atoms with Crippen molar-refractivity contribution in [2.75, 3.05) is 6.54 Å². The monoisotopic (exact) mass is 210 g/mol. The van der Waals surface area contributed by atoms with E-state index in [0.717, 1.165) is 23.5 Å². The number of hydrogen-bond donors (Lipinski definition) is 0. The van der Waals surface area contributed by atoms with Gasteiger partial charge >= 0.3 is 0 Å². The van der Waals surface area contributed by atoms with Crippen LogP contribution in [-0.4, -0.2) is 23.2 Å². The van der Waals surface area contributed by atoms with E-state index >= 15 is 0 Å². The molecular formula is C11H12F2N2. The highest BCUT2D eigenvalue weighted by molar-refractivity contribution is 5.79. The first-order valence-electron chi connectivity index (χ1n) is 5.25. The fraction of sp³-hybridized carbons (Fsp3) is 0.545. The number of aromatic nitrogens is 1. The molecule has 2 nitrogen and oxygen atoms in total. The number of halogens is 2. The third-order valence-corrected chi connectivity index (χ3v) is 3.19. The van der Waals surface area contributed by atoms with Crippen molar-refractivity contribution in [1.29, 1.82) is 0 Å². The highest BCUT2D eigenvalue weighted by atomic mass is 19.3. The first-order chi connectivity index (χ1) is 7.16. The lowest BCUT2D eigenvalue weighted by Crippen LogP contribution is -2.28. The molecule has 80 valence electrons. The average Bonchev–Trinajstić information content (AvgIpc) is 2.55. The SMILES string of the molecule is FC1(F)CCc2cc3n(c2C1)CCN=C3. The zero-order valence-electron chi connectivity index (χ0n) is 8.34. The van der Waals surface area contributed by atoms with Gasteiger partial charge in [0.05, 0.1) is 18.7 Å². The number of nitrogens with zero attached hydrogens (tertiary/aromatic N) is 2. The average molecular weight is 210 g/mol. The van der Waals surface area contributed by atoms with E-state index in [1.807, 2.05) is 10.6 Å². The molecule has 0 radical (unpaired) electrons. The second-order valence-corrected chi connectivity index (χ2v) is 4.26. The Morgan fingerprint density at radius 2 is 2.27 bits per heavy atom. The summed E-state index contributed by atoms with van der Waals surface area (Å²) in [6.45, 7) is 1.46. The molecular weight excluding hydrogens is 198 g/mol. The summed E-state index contributed by atoms with van der Waals surface area (Å²) in [6.07, 6.45) is 2.17. The summed E-state index contributed by atoms with van der Waals surface area (Å²) in [5.74, 6) is -2.52. The van der Waals surface area contributed by atoms with E-state index in [1.165, 1.54) is 0 Å². The molecule has 0 spiro atoms. The Morgan fingerprint density at radius 1 is 1.40 bits per heavy atom. The van der Waals surface area contributed by atoms with Gasteiger partial charge in [-0.25, -0.2) is 8.78 Å². The normalized spacial score (nSPS) is 22.3. The van der Waals surface area contributed by atoms with E-state index in [1.54, 1.807) is 6.21 Å². The summed E-state index contributed by atoms with van der Waals surface area (Å²) in [7, 11) is 0. The Labute approximate surface area is 86.6 Å². The summed E-state index contributed by atoms with van der Waals surface area (Å²) in [6, 6.07) is 2.01. The number of rotatable bonds is 0. The first kappa shape index (κ1) is 9.07. The number of hydrogen-bond acceptors (Lipinski definition) is 1. The molecule has 2 aliphatic rings. The van der Waals surface area contributed by atoms with Crippen LogP contribution in [0.15, 0.2) is 11.1 Å². The quantitative estimate of drug-likeness (QED) is 0.623. The maximum atomic E-state index is 13.3. The van der Waals surface area contributed by atoms with Crippen LogP contribution >= 0.6 is 0 Å². The molecule has 0 saturated heterocycles. The molecule has 0 aromatic carbocycles. The molecule has 1 aromatic heterocycles. The highest BCUT2D eigenvalue weighted by Gasteiger charge is 2.36. The van der Waals surface area contributed by atoms with Gasteiger partial charge in [0.2, 0.25) is 0 Å². The smallest absolute Gasteiger partial charge is 0.253 e.